The predicted octanol–water partition coefficient (Wildman–Crippen LogP) is 3.42. The molecule has 98 valence electrons. The molecule has 0 amide bonds. The molecule has 2 rings (SSSR count). The van der Waals surface area contributed by atoms with Crippen molar-refractivity contribution in [2.75, 3.05) is 0 Å². The van der Waals surface area contributed by atoms with Gasteiger partial charge in [0.05, 0.1) is 22.5 Å². The van der Waals surface area contributed by atoms with Crippen LogP contribution >= 0.6 is 22.9 Å². The summed E-state index contributed by atoms with van der Waals surface area (Å²) in [4.78, 5) is 1.14. The summed E-state index contributed by atoms with van der Waals surface area (Å²) in [5.74, 6) is 0. The first kappa shape index (κ1) is 13.6. The predicted molar refractivity (Wildman–Crippen MR) is 77.2 cm³/mol. The van der Waals surface area contributed by atoms with Gasteiger partial charge in [0, 0.05) is 17.8 Å². The van der Waals surface area contributed by atoms with Crippen molar-refractivity contribution >= 4 is 22.9 Å². The molecule has 5 heteroatoms. The summed E-state index contributed by atoms with van der Waals surface area (Å²) in [6.45, 7) is 5.04. The molecule has 0 aliphatic rings. The van der Waals surface area contributed by atoms with E-state index in [0.29, 0.717) is 0 Å². The first-order chi connectivity index (χ1) is 8.65. The summed E-state index contributed by atoms with van der Waals surface area (Å²) >= 11 is 7.77. The Bertz CT molecular complexity index is 518. The van der Waals surface area contributed by atoms with Crippen LogP contribution < -0.4 is 5.73 Å². The molecule has 0 bridgehead atoms. The molecule has 0 fully saturated rings. The van der Waals surface area contributed by atoms with Gasteiger partial charge in [0.1, 0.15) is 0 Å². The molecule has 0 aromatic carbocycles. The fourth-order valence-corrected chi connectivity index (χ4v) is 3.16. The molecule has 2 aromatic heterocycles. The molecule has 1 unspecified atom stereocenters. The molecule has 0 spiro atoms. The summed E-state index contributed by atoms with van der Waals surface area (Å²) in [5.41, 5.74) is 8.48. The molecule has 0 aliphatic carbocycles. The van der Waals surface area contributed by atoms with E-state index in [1.807, 2.05) is 16.1 Å². The molecule has 18 heavy (non-hydrogen) atoms. The van der Waals surface area contributed by atoms with Gasteiger partial charge in [-0.2, -0.15) is 5.10 Å². The minimum Gasteiger partial charge on any atom is -0.322 e. The molecule has 0 radical (unpaired) electrons. The summed E-state index contributed by atoms with van der Waals surface area (Å²) in [6, 6.07) is 3.98. The van der Waals surface area contributed by atoms with Crippen molar-refractivity contribution in [2.24, 2.45) is 5.73 Å². The molecule has 0 saturated heterocycles. The molecule has 3 nitrogen and oxygen atoms in total. The summed E-state index contributed by atoms with van der Waals surface area (Å²) in [6.07, 6.45) is 1.71. The van der Waals surface area contributed by atoms with Crippen molar-refractivity contribution in [1.29, 1.82) is 0 Å². The highest BCUT2D eigenvalue weighted by atomic mass is 35.5. The van der Waals surface area contributed by atoms with E-state index in [-0.39, 0.29) is 6.04 Å². The Morgan fingerprint density at radius 3 is 2.83 bits per heavy atom. The largest absolute Gasteiger partial charge is 0.322 e. The lowest BCUT2D eigenvalue weighted by Gasteiger charge is -2.12. The number of hydrogen-bond acceptors (Lipinski definition) is 3. The van der Waals surface area contributed by atoms with Crippen molar-refractivity contribution in [3.8, 4) is 0 Å². The maximum absolute atomic E-state index is 6.29. The Hall–Kier alpha value is -0.840. The van der Waals surface area contributed by atoms with E-state index in [0.717, 1.165) is 40.7 Å². The number of hydrogen-bond donors (Lipinski definition) is 1. The Kier molecular flexibility index (Phi) is 4.43. The van der Waals surface area contributed by atoms with Crippen molar-refractivity contribution in [3.63, 3.8) is 0 Å². The zero-order valence-electron chi connectivity index (χ0n) is 10.7. The molecule has 0 aliphatic heterocycles. The monoisotopic (exact) mass is 283 g/mol. The number of rotatable bonds is 5. The van der Waals surface area contributed by atoms with Gasteiger partial charge in [-0.25, -0.2) is 0 Å². The van der Waals surface area contributed by atoms with Gasteiger partial charge in [-0.1, -0.05) is 18.5 Å². The summed E-state index contributed by atoms with van der Waals surface area (Å²) in [5, 5.41) is 7.34. The number of nitrogens with zero attached hydrogens (tertiary/aromatic N) is 2. The standard InChI is InChI=1S/C13H18ClN3S/c1-3-9-7-12(17(4-2)16-9)11(15)8-13-10(14)5-6-18-13/h5-7,11H,3-4,8,15H2,1-2H3. The summed E-state index contributed by atoms with van der Waals surface area (Å²) in [7, 11) is 0. The van der Waals surface area contributed by atoms with Crippen LogP contribution in [0.25, 0.3) is 0 Å². The highest BCUT2D eigenvalue weighted by Crippen LogP contribution is 2.27. The van der Waals surface area contributed by atoms with E-state index in [2.05, 4.69) is 25.0 Å². The first-order valence-electron chi connectivity index (χ1n) is 6.19. The third-order valence-electron chi connectivity index (χ3n) is 3.00. The Labute approximate surface area is 117 Å². The smallest absolute Gasteiger partial charge is 0.0625 e. The molecule has 0 saturated carbocycles. The van der Waals surface area contributed by atoms with Gasteiger partial charge in [0.25, 0.3) is 0 Å². The zero-order valence-corrected chi connectivity index (χ0v) is 12.3. The SMILES string of the molecule is CCc1cc(C(N)Cc2sccc2Cl)n(CC)n1. The highest BCUT2D eigenvalue weighted by Gasteiger charge is 2.16. The van der Waals surface area contributed by atoms with E-state index in [9.17, 15) is 0 Å². The fourth-order valence-electron chi connectivity index (χ4n) is 1.99. The Morgan fingerprint density at radius 2 is 2.28 bits per heavy atom. The first-order valence-corrected chi connectivity index (χ1v) is 7.45. The van der Waals surface area contributed by atoms with Crippen molar-refractivity contribution < 1.29 is 0 Å². The lowest BCUT2D eigenvalue weighted by atomic mass is 10.1. The highest BCUT2D eigenvalue weighted by molar-refractivity contribution is 7.10. The second-order valence-electron chi connectivity index (χ2n) is 4.23. The maximum atomic E-state index is 6.29. The van der Waals surface area contributed by atoms with Crippen LogP contribution in [0.4, 0.5) is 0 Å². The van der Waals surface area contributed by atoms with Gasteiger partial charge < -0.3 is 5.73 Å². The van der Waals surface area contributed by atoms with Gasteiger partial charge >= 0.3 is 0 Å². The van der Waals surface area contributed by atoms with E-state index in [1.54, 1.807) is 11.3 Å². The van der Waals surface area contributed by atoms with E-state index in [1.165, 1.54) is 0 Å². The van der Waals surface area contributed by atoms with Crippen molar-refractivity contribution in [1.82, 2.24) is 9.78 Å². The van der Waals surface area contributed by atoms with Gasteiger partial charge in [-0.3, -0.25) is 4.68 Å². The normalized spacial score (nSPS) is 12.9. The van der Waals surface area contributed by atoms with Crippen LogP contribution in [0, 0.1) is 0 Å². The van der Waals surface area contributed by atoms with Crippen LogP contribution in [0.2, 0.25) is 5.02 Å². The Balaban J connectivity index is 2.20. The topological polar surface area (TPSA) is 43.8 Å². The molecular formula is C13H18ClN3S. The third-order valence-corrected chi connectivity index (χ3v) is 4.41. The minimum atomic E-state index is -0.0473. The number of aromatic nitrogens is 2. The lowest BCUT2D eigenvalue weighted by Crippen LogP contribution is -2.17. The fraction of sp³-hybridized carbons (Fsp3) is 0.462. The maximum Gasteiger partial charge on any atom is 0.0625 e. The van der Waals surface area contributed by atoms with Gasteiger partial charge in [0.15, 0.2) is 0 Å². The molecule has 2 N–H and O–H groups in total. The molecule has 1 atom stereocenters. The average molecular weight is 284 g/mol. The number of aryl methyl sites for hydroxylation is 2. The van der Waals surface area contributed by atoms with Crippen LogP contribution in [0.5, 0.6) is 0 Å². The van der Waals surface area contributed by atoms with Crippen LogP contribution in [0.3, 0.4) is 0 Å². The quantitative estimate of drug-likeness (QED) is 0.914. The second kappa shape index (κ2) is 5.87. The van der Waals surface area contributed by atoms with E-state index < -0.39 is 0 Å². The van der Waals surface area contributed by atoms with Crippen molar-refractivity contribution in [2.45, 2.75) is 39.3 Å². The lowest BCUT2D eigenvalue weighted by molar-refractivity contribution is 0.567. The third kappa shape index (κ3) is 2.76. The van der Waals surface area contributed by atoms with Crippen LogP contribution in [0.15, 0.2) is 17.5 Å². The van der Waals surface area contributed by atoms with Crippen LogP contribution in [-0.4, -0.2) is 9.78 Å². The molecular weight excluding hydrogens is 266 g/mol. The van der Waals surface area contributed by atoms with E-state index in [4.69, 9.17) is 17.3 Å². The van der Waals surface area contributed by atoms with Gasteiger partial charge in [-0.05, 0) is 30.9 Å². The van der Waals surface area contributed by atoms with Crippen molar-refractivity contribution in [3.05, 3.63) is 38.8 Å². The number of thiophene rings is 1. The van der Waals surface area contributed by atoms with Crippen LogP contribution in [-0.2, 0) is 19.4 Å². The molecule has 2 aromatic rings. The number of nitrogens with two attached hydrogens (primary N) is 1. The Morgan fingerprint density at radius 1 is 1.50 bits per heavy atom. The minimum absolute atomic E-state index is 0.0473. The zero-order chi connectivity index (χ0) is 13.1. The number of halogens is 1. The molecule has 2 heterocycles. The van der Waals surface area contributed by atoms with Gasteiger partial charge in [-0.15, -0.1) is 11.3 Å². The summed E-state index contributed by atoms with van der Waals surface area (Å²) < 4.78 is 1.99. The van der Waals surface area contributed by atoms with E-state index >= 15 is 0 Å². The van der Waals surface area contributed by atoms with Crippen LogP contribution in [0.1, 0.15) is 36.2 Å². The average Bonchev–Trinajstić information content (AvgIpc) is 2.96. The van der Waals surface area contributed by atoms with Gasteiger partial charge in [0.2, 0.25) is 0 Å². The second-order valence-corrected chi connectivity index (χ2v) is 5.64.